The van der Waals surface area contributed by atoms with Crippen LogP contribution in [-0.2, 0) is 19.6 Å². The molecule has 2 aromatic rings. The van der Waals surface area contributed by atoms with Crippen LogP contribution in [0, 0.1) is 0 Å². The zero-order valence-electron chi connectivity index (χ0n) is 18.3. The van der Waals surface area contributed by atoms with Gasteiger partial charge in [-0.05, 0) is 24.3 Å². The van der Waals surface area contributed by atoms with Crippen molar-refractivity contribution in [1.82, 2.24) is 9.62 Å². The van der Waals surface area contributed by atoms with E-state index in [1.807, 2.05) is 23.1 Å². The lowest BCUT2D eigenvalue weighted by molar-refractivity contribution is -0.135. The van der Waals surface area contributed by atoms with Gasteiger partial charge in [-0.15, -0.1) is 0 Å². The Kier molecular flexibility index (Phi) is 7.44. The van der Waals surface area contributed by atoms with Crippen molar-refractivity contribution in [2.24, 2.45) is 0 Å². The topological polar surface area (TPSA) is 99.2 Å². The number of anilines is 1. The molecule has 0 radical (unpaired) electrons. The molecule has 1 fully saturated rings. The highest BCUT2D eigenvalue weighted by atomic mass is 32.2. The summed E-state index contributed by atoms with van der Waals surface area (Å²) in [5.41, 5.74) is 1.15. The summed E-state index contributed by atoms with van der Waals surface area (Å²) in [7, 11) is -3.76. The SMILES string of the molecule is O=C(C[C@@H]1C=C[C@H](NS(=O)(=O)c2ccccc2)[C@H](CO)O1)N1CCN(c2ccccc2)CC1. The number of sulfonamides is 1. The highest BCUT2D eigenvalue weighted by molar-refractivity contribution is 7.89. The molecule has 2 heterocycles. The number of hydrogen-bond donors (Lipinski definition) is 2. The number of carbonyl (C=O) groups excluding carboxylic acids is 1. The number of nitrogens with zero attached hydrogens (tertiary/aromatic N) is 2. The largest absolute Gasteiger partial charge is 0.394 e. The lowest BCUT2D eigenvalue weighted by Gasteiger charge is -2.37. The van der Waals surface area contributed by atoms with E-state index in [9.17, 15) is 18.3 Å². The number of benzene rings is 2. The predicted molar refractivity (Wildman–Crippen MR) is 125 cm³/mol. The van der Waals surface area contributed by atoms with Crippen LogP contribution in [0.1, 0.15) is 6.42 Å². The highest BCUT2D eigenvalue weighted by Gasteiger charge is 2.32. The number of amides is 1. The minimum atomic E-state index is -3.76. The van der Waals surface area contributed by atoms with Crippen molar-refractivity contribution in [3.8, 4) is 0 Å². The van der Waals surface area contributed by atoms with Crippen LogP contribution in [-0.4, -0.2) is 75.4 Å². The first-order chi connectivity index (χ1) is 16.0. The standard InChI is InChI=1S/C24H29N3O5S/c28-18-23-22(25-33(30,31)21-9-5-2-6-10-21)12-11-20(32-23)17-24(29)27-15-13-26(14-16-27)19-7-3-1-4-8-19/h1-12,20,22-23,25,28H,13-18H2/t20-,22-,23-/m0/s1. The zero-order valence-corrected chi connectivity index (χ0v) is 19.1. The highest BCUT2D eigenvalue weighted by Crippen LogP contribution is 2.20. The van der Waals surface area contributed by atoms with E-state index in [4.69, 9.17) is 4.74 Å². The maximum absolute atomic E-state index is 12.8. The summed E-state index contributed by atoms with van der Waals surface area (Å²) in [5, 5.41) is 9.77. The molecule has 0 saturated carbocycles. The summed E-state index contributed by atoms with van der Waals surface area (Å²) in [6.07, 6.45) is 2.22. The molecule has 33 heavy (non-hydrogen) atoms. The second-order valence-electron chi connectivity index (χ2n) is 8.15. The summed E-state index contributed by atoms with van der Waals surface area (Å²) in [5.74, 6) is -0.0163. The van der Waals surface area contributed by atoms with Gasteiger partial charge in [-0.1, -0.05) is 48.6 Å². The Hall–Kier alpha value is -2.72. The Morgan fingerprint density at radius 1 is 0.970 bits per heavy atom. The van der Waals surface area contributed by atoms with Crippen LogP contribution in [0.2, 0.25) is 0 Å². The predicted octanol–water partition coefficient (Wildman–Crippen LogP) is 1.39. The van der Waals surface area contributed by atoms with Crippen LogP contribution in [0.5, 0.6) is 0 Å². The molecule has 0 unspecified atom stereocenters. The molecule has 0 bridgehead atoms. The van der Waals surface area contributed by atoms with Crippen molar-refractivity contribution in [1.29, 1.82) is 0 Å². The number of para-hydroxylation sites is 1. The third-order valence-electron chi connectivity index (χ3n) is 5.94. The Labute approximate surface area is 194 Å². The molecule has 0 aromatic heterocycles. The normalized spacial score (nSPS) is 23.5. The molecule has 1 amide bonds. The molecule has 0 aliphatic carbocycles. The number of rotatable bonds is 7. The maximum atomic E-state index is 12.8. The van der Waals surface area contributed by atoms with E-state index < -0.39 is 28.3 Å². The lowest BCUT2D eigenvalue weighted by atomic mass is 10.1. The minimum absolute atomic E-state index is 0.0163. The van der Waals surface area contributed by atoms with Crippen LogP contribution >= 0.6 is 0 Å². The van der Waals surface area contributed by atoms with Gasteiger partial charge in [0.25, 0.3) is 0 Å². The Bertz CT molecular complexity index is 1050. The molecule has 2 aromatic carbocycles. The van der Waals surface area contributed by atoms with Gasteiger partial charge in [0, 0.05) is 31.9 Å². The van der Waals surface area contributed by atoms with Gasteiger partial charge in [0.2, 0.25) is 15.9 Å². The zero-order chi connectivity index (χ0) is 23.3. The van der Waals surface area contributed by atoms with Gasteiger partial charge in [-0.3, -0.25) is 4.79 Å². The number of hydrogen-bond acceptors (Lipinski definition) is 6. The van der Waals surface area contributed by atoms with Gasteiger partial charge >= 0.3 is 0 Å². The lowest BCUT2D eigenvalue weighted by Crippen LogP contribution is -2.51. The van der Waals surface area contributed by atoms with Gasteiger partial charge in [-0.25, -0.2) is 13.1 Å². The molecular formula is C24H29N3O5S. The fraction of sp³-hybridized carbons (Fsp3) is 0.375. The van der Waals surface area contributed by atoms with Crippen LogP contribution in [0.4, 0.5) is 5.69 Å². The second-order valence-corrected chi connectivity index (χ2v) is 9.86. The van der Waals surface area contributed by atoms with Crippen molar-refractivity contribution in [3.05, 3.63) is 72.8 Å². The van der Waals surface area contributed by atoms with Crippen LogP contribution in [0.25, 0.3) is 0 Å². The van der Waals surface area contributed by atoms with Crippen molar-refractivity contribution in [2.75, 3.05) is 37.7 Å². The molecule has 9 heteroatoms. The third-order valence-corrected chi connectivity index (χ3v) is 7.41. The molecule has 1 saturated heterocycles. The van der Waals surface area contributed by atoms with E-state index in [-0.39, 0.29) is 23.8 Å². The quantitative estimate of drug-likeness (QED) is 0.592. The molecule has 2 aliphatic rings. The number of aliphatic hydroxyl groups is 1. The van der Waals surface area contributed by atoms with E-state index in [2.05, 4.69) is 21.8 Å². The van der Waals surface area contributed by atoms with Crippen molar-refractivity contribution < 1.29 is 23.1 Å². The number of ether oxygens (including phenoxy) is 1. The average Bonchev–Trinajstić information content (AvgIpc) is 2.86. The first kappa shape index (κ1) is 23.4. The van der Waals surface area contributed by atoms with Gasteiger partial charge < -0.3 is 19.6 Å². The smallest absolute Gasteiger partial charge is 0.241 e. The maximum Gasteiger partial charge on any atom is 0.241 e. The number of piperazine rings is 1. The average molecular weight is 472 g/mol. The Balaban J connectivity index is 1.32. The van der Waals surface area contributed by atoms with E-state index in [1.54, 1.807) is 30.4 Å². The first-order valence-corrected chi connectivity index (χ1v) is 12.5. The first-order valence-electron chi connectivity index (χ1n) is 11.1. The van der Waals surface area contributed by atoms with Crippen LogP contribution < -0.4 is 9.62 Å². The van der Waals surface area contributed by atoms with E-state index in [0.29, 0.717) is 13.1 Å². The van der Waals surface area contributed by atoms with E-state index in [1.165, 1.54) is 12.1 Å². The van der Waals surface area contributed by atoms with E-state index >= 15 is 0 Å². The van der Waals surface area contributed by atoms with Gasteiger partial charge in [0.1, 0.15) is 6.10 Å². The molecule has 0 spiro atoms. The summed E-state index contributed by atoms with van der Waals surface area (Å²) < 4.78 is 33.6. The number of aliphatic hydroxyl groups excluding tert-OH is 1. The molecular weight excluding hydrogens is 442 g/mol. The van der Waals surface area contributed by atoms with Crippen molar-refractivity contribution in [3.63, 3.8) is 0 Å². The molecule has 4 rings (SSSR count). The van der Waals surface area contributed by atoms with Crippen molar-refractivity contribution in [2.45, 2.75) is 29.6 Å². The van der Waals surface area contributed by atoms with E-state index in [0.717, 1.165) is 18.8 Å². The molecule has 8 nitrogen and oxygen atoms in total. The minimum Gasteiger partial charge on any atom is -0.394 e. The summed E-state index contributed by atoms with van der Waals surface area (Å²) in [6, 6.07) is 17.4. The van der Waals surface area contributed by atoms with Crippen molar-refractivity contribution >= 4 is 21.6 Å². The fourth-order valence-electron chi connectivity index (χ4n) is 4.11. The van der Waals surface area contributed by atoms with Crippen LogP contribution in [0.15, 0.2) is 77.7 Å². The summed E-state index contributed by atoms with van der Waals surface area (Å²) in [6.45, 7) is 2.42. The molecule has 176 valence electrons. The number of carbonyl (C=O) groups is 1. The third kappa shape index (κ3) is 5.80. The molecule has 3 atom stereocenters. The van der Waals surface area contributed by atoms with Gasteiger partial charge in [0.15, 0.2) is 0 Å². The molecule has 2 N–H and O–H groups in total. The Morgan fingerprint density at radius 2 is 1.61 bits per heavy atom. The monoisotopic (exact) mass is 471 g/mol. The van der Waals surface area contributed by atoms with Crippen LogP contribution in [0.3, 0.4) is 0 Å². The summed E-state index contributed by atoms with van der Waals surface area (Å²) in [4.78, 5) is 17.0. The second kappa shape index (κ2) is 10.5. The fourth-order valence-corrected chi connectivity index (χ4v) is 5.35. The van der Waals surface area contributed by atoms with Gasteiger partial charge in [-0.2, -0.15) is 0 Å². The molecule has 2 aliphatic heterocycles. The van der Waals surface area contributed by atoms with Gasteiger partial charge in [0.05, 0.1) is 30.1 Å². The number of nitrogens with one attached hydrogen (secondary N) is 1. The Morgan fingerprint density at radius 3 is 2.24 bits per heavy atom. The summed E-state index contributed by atoms with van der Waals surface area (Å²) >= 11 is 0.